The molecule has 4 aromatic rings. The molecule has 0 amide bonds. The summed E-state index contributed by atoms with van der Waals surface area (Å²) in [6.45, 7) is 3.92. The molecular weight excluding hydrogens is 388 g/mol. The maximum absolute atomic E-state index is 13.3. The molecular formula is C22H18N2O4S. The highest BCUT2D eigenvalue weighted by molar-refractivity contribution is 7.98. The van der Waals surface area contributed by atoms with Crippen LogP contribution in [0.25, 0.3) is 16.6 Å². The Morgan fingerprint density at radius 1 is 1.10 bits per heavy atom. The minimum Gasteiger partial charge on any atom is -0.502 e. The molecule has 0 saturated carbocycles. The van der Waals surface area contributed by atoms with Gasteiger partial charge in [0.2, 0.25) is 5.43 Å². The second-order valence-corrected chi connectivity index (χ2v) is 7.67. The number of aryl methyl sites for hydroxylation is 2. The zero-order valence-electron chi connectivity index (χ0n) is 15.9. The van der Waals surface area contributed by atoms with Crippen LogP contribution >= 0.6 is 11.8 Å². The molecule has 7 heteroatoms. The van der Waals surface area contributed by atoms with Gasteiger partial charge in [-0.3, -0.25) is 14.2 Å². The van der Waals surface area contributed by atoms with Crippen LogP contribution in [0.2, 0.25) is 0 Å². The highest BCUT2D eigenvalue weighted by Gasteiger charge is 2.16. The van der Waals surface area contributed by atoms with E-state index in [2.05, 4.69) is 0 Å². The Morgan fingerprint density at radius 3 is 2.69 bits per heavy atom. The average Bonchev–Trinajstić information content (AvgIpc) is 2.71. The predicted octanol–water partition coefficient (Wildman–Crippen LogP) is 3.95. The molecule has 0 radical (unpaired) electrons. The van der Waals surface area contributed by atoms with Crippen molar-refractivity contribution in [2.24, 2.45) is 0 Å². The molecule has 0 spiro atoms. The quantitative estimate of drug-likeness (QED) is 0.408. The summed E-state index contributed by atoms with van der Waals surface area (Å²) in [7, 11) is 0. The average molecular weight is 406 g/mol. The van der Waals surface area contributed by atoms with Crippen molar-refractivity contribution in [1.82, 2.24) is 9.55 Å². The molecule has 0 bridgehead atoms. The van der Waals surface area contributed by atoms with E-state index in [1.54, 1.807) is 16.7 Å². The zero-order valence-corrected chi connectivity index (χ0v) is 16.7. The van der Waals surface area contributed by atoms with Gasteiger partial charge in [0, 0.05) is 6.07 Å². The minimum absolute atomic E-state index is 0.154. The van der Waals surface area contributed by atoms with Crippen LogP contribution < -0.4 is 11.0 Å². The molecule has 0 aliphatic heterocycles. The van der Waals surface area contributed by atoms with Gasteiger partial charge >= 0.3 is 0 Å². The molecule has 2 aromatic carbocycles. The van der Waals surface area contributed by atoms with Crippen LogP contribution in [0.15, 0.2) is 74.0 Å². The number of hydrogen-bond donors (Lipinski definition) is 1. The largest absolute Gasteiger partial charge is 0.502 e. The van der Waals surface area contributed by atoms with Crippen molar-refractivity contribution in [3.63, 3.8) is 0 Å². The van der Waals surface area contributed by atoms with Gasteiger partial charge in [-0.2, -0.15) is 0 Å². The van der Waals surface area contributed by atoms with Crippen molar-refractivity contribution in [2.75, 3.05) is 0 Å². The summed E-state index contributed by atoms with van der Waals surface area (Å²) in [6.07, 6.45) is 1.02. The van der Waals surface area contributed by atoms with Gasteiger partial charge in [0.15, 0.2) is 10.9 Å². The second-order valence-electron chi connectivity index (χ2n) is 6.73. The van der Waals surface area contributed by atoms with Gasteiger partial charge in [0.1, 0.15) is 12.0 Å². The molecule has 4 rings (SSSR count). The van der Waals surface area contributed by atoms with Gasteiger partial charge < -0.3 is 9.52 Å². The SMILES string of the molecule is Cc1ccc(C)c(-n2c(SCc3cc(=O)c(O)co3)nc3ccccc3c2=O)c1. The van der Waals surface area contributed by atoms with E-state index in [-0.39, 0.29) is 11.3 Å². The Kier molecular flexibility index (Phi) is 4.98. The van der Waals surface area contributed by atoms with E-state index in [0.717, 1.165) is 23.1 Å². The fourth-order valence-electron chi connectivity index (χ4n) is 3.04. The molecule has 0 aliphatic carbocycles. The molecule has 6 nitrogen and oxygen atoms in total. The van der Waals surface area contributed by atoms with Crippen molar-refractivity contribution in [3.8, 4) is 11.4 Å². The smallest absolute Gasteiger partial charge is 0.266 e. The van der Waals surface area contributed by atoms with Crippen LogP contribution in [-0.4, -0.2) is 14.7 Å². The number of fused-ring (bicyclic) bond motifs is 1. The first kappa shape index (κ1) is 19.0. The maximum Gasteiger partial charge on any atom is 0.266 e. The Balaban J connectivity index is 1.87. The van der Waals surface area contributed by atoms with Gasteiger partial charge in [0.25, 0.3) is 5.56 Å². The Morgan fingerprint density at radius 2 is 1.90 bits per heavy atom. The lowest BCUT2D eigenvalue weighted by molar-refractivity contribution is 0.419. The van der Waals surface area contributed by atoms with Crippen molar-refractivity contribution < 1.29 is 9.52 Å². The van der Waals surface area contributed by atoms with Crippen molar-refractivity contribution in [3.05, 3.63) is 92.3 Å². The molecule has 146 valence electrons. The second kappa shape index (κ2) is 7.60. The number of hydrogen-bond acceptors (Lipinski definition) is 6. The first-order valence-electron chi connectivity index (χ1n) is 8.97. The lowest BCUT2D eigenvalue weighted by atomic mass is 10.1. The van der Waals surface area contributed by atoms with E-state index in [1.165, 1.54) is 17.8 Å². The summed E-state index contributed by atoms with van der Waals surface area (Å²) in [5, 5.41) is 10.4. The summed E-state index contributed by atoms with van der Waals surface area (Å²) in [4.78, 5) is 29.7. The molecule has 0 atom stereocenters. The summed E-state index contributed by atoms with van der Waals surface area (Å²) in [6, 6.07) is 14.4. The Hall–Kier alpha value is -3.32. The van der Waals surface area contributed by atoms with Crippen LogP contribution in [0.1, 0.15) is 16.9 Å². The van der Waals surface area contributed by atoms with Crippen molar-refractivity contribution >= 4 is 22.7 Å². The maximum atomic E-state index is 13.3. The van der Waals surface area contributed by atoms with Crippen molar-refractivity contribution in [1.29, 1.82) is 0 Å². The van der Waals surface area contributed by atoms with E-state index in [0.29, 0.717) is 21.8 Å². The normalized spacial score (nSPS) is 11.1. The number of thioether (sulfide) groups is 1. The highest BCUT2D eigenvalue weighted by atomic mass is 32.2. The molecule has 1 N–H and O–H groups in total. The van der Waals surface area contributed by atoms with Gasteiger partial charge in [0.05, 0.1) is 22.3 Å². The third-order valence-electron chi connectivity index (χ3n) is 4.56. The van der Waals surface area contributed by atoms with Crippen molar-refractivity contribution in [2.45, 2.75) is 24.8 Å². The monoisotopic (exact) mass is 406 g/mol. The fraction of sp³-hybridized carbons (Fsp3) is 0.136. The third kappa shape index (κ3) is 3.69. The lowest BCUT2D eigenvalue weighted by Gasteiger charge is -2.15. The van der Waals surface area contributed by atoms with Gasteiger partial charge in [-0.15, -0.1) is 0 Å². The fourth-order valence-corrected chi connectivity index (χ4v) is 3.93. The molecule has 2 aromatic heterocycles. The van der Waals surface area contributed by atoms with Crippen LogP contribution in [0, 0.1) is 13.8 Å². The van der Waals surface area contributed by atoms with E-state index < -0.39 is 11.2 Å². The standard InChI is InChI=1S/C22H18N2O4S/c1-13-7-8-14(2)18(9-13)24-21(27)16-5-3-4-6-17(16)23-22(24)29-12-15-10-19(25)20(26)11-28-15/h3-11,26H,12H2,1-2H3. The number of rotatable bonds is 4. The summed E-state index contributed by atoms with van der Waals surface area (Å²) in [5.41, 5.74) is 2.69. The van der Waals surface area contributed by atoms with E-state index in [1.807, 2.05) is 44.2 Å². The molecule has 2 heterocycles. The molecule has 0 saturated heterocycles. The van der Waals surface area contributed by atoms with E-state index in [4.69, 9.17) is 9.40 Å². The van der Waals surface area contributed by atoms with Gasteiger partial charge in [-0.25, -0.2) is 4.98 Å². The van der Waals surface area contributed by atoms with E-state index >= 15 is 0 Å². The lowest BCUT2D eigenvalue weighted by Crippen LogP contribution is -2.22. The molecule has 0 unspecified atom stereocenters. The predicted molar refractivity (Wildman–Crippen MR) is 113 cm³/mol. The molecule has 29 heavy (non-hydrogen) atoms. The number of para-hydroxylation sites is 1. The summed E-state index contributed by atoms with van der Waals surface area (Å²) < 4.78 is 6.89. The summed E-state index contributed by atoms with van der Waals surface area (Å²) >= 11 is 1.29. The topological polar surface area (TPSA) is 85.3 Å². The van der Waals surface area contributed by atoms with Crippen LogP contribution in [0.4, 0.5) is 0 Å². The Bertz CT molecular complexity index is 1340. The molecule has 0 aliphatic rings. The highest BCUT2D eigenvalue weighted by Crippen LogP contribution is 2.26. The third-order valence-corrected chi connectivity index (χ3v) is 5.52. The number of aromatic nitrogens is 2. The first-order chi connectivity index (χ1) is 13.9. The number of nitrogens with zero attached hydrogens (tertiary/aromatic N) is 2. The Labute approximate surface area is 170 Å². The van der Waals surface area contributed by atoms with Crippen LogP contribution in [0.5, 0.6) is 5.75 Å². The minimum atomic E-state index is -0.509. The van der Waals surface area contributed by atoms with Crippen LogP contribution in [0.3, 0.4) is 0 Å². The first-order valence-corrected chi connectivity index (χ1v) is 9.95. The van der Waals surface area contributed by atoms with Gasteiger partial charge in [-0.1, -0.05) is 36.0 Å². The molecule has 0 fully saturated rings. The number of benzene rings is 2. The van der Waals surface area contributed by atoms with Gasteiger partial charge in [-0.05, 0) is 43.2 Å². The van der Waals surface area contributed by atoms with Crippen LogP contribution in [-0.2, 0) is 5.75 Å². The summed E-state index contributed by atoms with van der Waals surface area (Å²) in [5.74, 6) is 0.230. The van der Waals surface area contributed by atoms with E-state index in [9.17, 15) is 14.7 Å². The zero-order chi connectivity index (χ0) is 20.5. The number of aromatic hydroxyl groups is 1.